The molecule has 5 amide bonds. The van der Waals surface area contributed by atoms with Crippen molar-refractivity contribution >= 4 is 83.9 Å². The Bertz CT molecular complexity index is 4150. The Morgan fingerprint density at radius 2 is 1.51 bits per heavy atom. The van der Waals surface area contributed by atoms with Crippen LogP contribution in [0.1, 0.15) is 159 Å². The third-order valence-electron chi connectivity index (χ3n) is 21.9. The number of carbonyl (C=O) groups is 5. The molecule has 4 atom stereocenters. The Hall–Kier alpha value is -6.88. The summed E-state index contributed by atoms with van der Waals surface area (Å²) in [5, 5.41) is 19.6. The van der Waals surface area contributed by atoms with Gasteiger partial charge in [0.2, 0.25) is 23.6 Å². The molecule has 1 aromatic heterocycles. The molecule has 2 bridgehead atoms. The van der Waals surface area contributed by atoms with Crippen molar-refractivity contribution < 1.29 is 59.1 Å². The van der Waals surface area contributed by atoms with E-state index < -0.39 is 76.9 Å². The van der Waals surface area contributed by atoms with Gasteiger partial charge in [0.15, 0.2) is 0 Å². The fourth-order valence-electron chi connectivity index (χ4n) is 16.0. The molecule has 0 unspecified atom stereocenters. The van der Waals surface area contributed by atoms with Crippen molar-refractivity contribution in [2.45, 2.75) is 183 Å². The van der Waals surface area contributed by atoms with E-state index in [9.17, 15) is 59.1 Å². The highest BCUT2D eigenvalue weighted by atomic mass is 32.2. The minimum atomic E-state index is -6.18. The van der Waals surface area contributed by atoms with Crippen molar-refractivity contribution in [3.8, 4) is 10.4 Å². The molecule has 5 N–H and O–H groups in total. The SMILES string of the molecule is CCC12CC(C3=C(CN4CCN(c5ccc(C(=O)NS(=O)(=O)c6ccc(N[C@H](CCN7CCN(C(=O)CCCCNC(=O)C[C@H](NC(=O)[C@@H]8C[C@@H](O)CN8C(=O)CC(C)(C)C)c8ccc(-c9scnc9C)cc8)CC7)CSc7ccccc7)c(S(=O)(=O)C(F)(F)F)c6)cc5)CC4)CCC(C)(C)C3)(C1)C2. The van der Waals surface area contributed by atoms with E-state index >= 15 is 0 Å². The normalized spacial score (nSPS) is 22.3. The van der Waals surface area contributed by atoms with Crippen LogP contribution in [0.2, 0.25) is 0 Å². The average molecular weight is 1510 g/mol. The average Bonchev–Trinajstić information content (AvgIpc) is 0.789. The number of carbonyl (C=O) groups excluding carboxylic acids is 5. The van der Waals surface area contributed by atoms with Crippen LogP contribution in [0.5, 0.6) is 0 Å². The smallest absolute Gasteiger partial charge is 0.391 e. The Kier molecular flexibility index (Phi) is 24.3. The number of allylic oxidation sites excluding steroid dienone is 1. The van der Waals surface area contributed by atoms with Gasteiger partial charge in [-0.2, -0.15) is 13.2 Å². The first-order chi connectivity index (χ1) is 49.2. The van der Waals surface area contributed by atoms with Crippen LogP contribution in [-0.4, -0.2) is 184 Å². The highest BCUT2D eigenvalue weighted by Gasteiger charge is 2.68. The van der Waals surface area contributed by atoms with E-state index in [-0.39, 0.29) is 73.2 Å². The van der Waals surface area contributed by atoms with Crippen molar-refractivity contribution in [1.29, 1.82) is 0 Å². The fourth-order valence-corrected chi connectivity index (χ4v) is 19.8. The predicted octanol–water partition coefficient (Wildman–Crippen LogP) is 11.8. The quantitative estimate of drug-likeness (QED) is 0.0170. The molecule has 5 aromatic rings. The number of halogens is 3. The number of piperazine rings is 2. The Balaban J connectivity index is 0.660. The number of nitrogens with zero attached hydrogens (tertiary/aromatic N) is 6. The number of thiazole rings is 1. The molecular formula is C77H101F3N10O10S4. The van der Waals surface area contributed by atoms with Gasteiger partial charge in [-0.25, -0.2) is 26.5 Å². The number of aliphatic hydroxyl groups is 1. The molecule has 4 aliphatic carbocycles. The lowest BCUT2D eigenvalue weighted by Gasteiger charge is -2.73. The van der Waals surface area contributed by atoms with Crippen LogP contribution in [0.25, 0.3) is 10.4 Å². The van der Waals surface area contributed by atoms with Crippen LogP contribution < -0.4 is 25.6 Å². The minimum absolute atomic E-state index is 0.0178. The van der Waals surface area contributed by atoms with E-state index in [1.165, 1.54) is 78.7 Å². The number of hydrogen-bond donors (Lipinski definition) is 5. The Labute approximate surface area is 619 Å². The summed E-state index contributed by atoms with van der Waals surface area (Å²) in [7, 11) is -11.1. The maximum Gasteiger partial charge on any atom is 0.501 e. The van der Waals surface area contributed by atoms with Gasteiger partial charge in [-0.15, -0.1) is 23.1 Å². The molecule has 3 saturated heterocycles. The van der Waals surface area contributed by atoms with Gasteiger partial charge in [0.1, 0.15) is 10.9 Å². The van der Waals surface area contributed by atoms with E-state index in [4.69, 9.17) is 0 Å². The number of aryl methyl sites for hydroxylation is 1. The number of β-amino-alcohol motifs (C(OH)–C–C–N with tert-alkyl or cyclic N) is 1. The van der Waals surface area contributed by atoms with Crippen LogP contribution in [0.4, 0.5) is 24.5 Å². The van der Waals surface area contributed by atoms with E-state index in [2.05, 4.69) is 56.4 Å². The molecule has 4 heterocycles. The van der Waals surface area contributed by atoms with Crippen molar-refractivity contribution in [3.05, 3.63) is 131 Å². The number of benzene rings is 4. The fraction of sp³-hybridized carbons (Fsp3) is 0.558. The van der Waals surface area contributed by atoms with Gasteiger partial charge < -0.3 is 35.8 Å². The summed E-state index contributed by atoms with van der Waals surface area (Å²) in [5.74, 6) is -1.88. The third kappa shape index (κ3) is 18.9. The molecule has 3 aliphatic heterocycles. The van der Waals surface area contributed by atoms with Gasteiger partial charge in [0, 0.05) is 126 Å². The summed E-state index contributed by atoms with van der Waals surface area (Å²) in [4.78, 5) is 82.3. The highest BCUT2D eigenvalue weighted by Crippen LogP contribution is 2.79. The number of aromatic nitrogens is 1. The van der Waals surface area contributed by atoms with Crippen LogP contribution in [0.15, 0.2) is 128 Å². The van der Waals surface area contributed by atoms with E-state index in [1.54, 1.807) is 33.7 Å². The van der Waals surface area contributed by atoms with E-state index in [1.807, 2.05) is 87.0 Å². The van der Waals surface area contributed by atoms with Gasteiger partial charge in [-0.3, -0.25) is 33.8 Å². The second kappa shape index (κ2) is 32.3. The molecule has 27 heteroatoms. The van der Waals surface area contributed by atoms with Crippen molar-refractivity contribution in [2.24, 2.45) is 21.7 Å². The molecule has 104 heavy (non-hydrogen) atoms. The number of sulfone groups is 1. The summed E-state index contributed by atoms with van der Waals surface area (Å²) in [5.41, 5.74) is 3.16. The van der Waals surface area contributed by atoms with Gasteiger partial charge in [-0.05, 0) is 152 Å². The Morgan fingerprint density at radius 3 is 2.15 bits per heavy atom. The van der Waals surface area contributed by atoms with Gasteiger partial charge in [0.05, 0.1) is 45.2 Å². The monoisotopic (exact) mass is 1510 g/mol. The third-order valence-corrected chi connectivity index (χ3v) is 26.9. The number of hydrogen-bond acceptors (Lipinski definition) is 17. The van der Waals surface area contributed by atoms with Crippen molar-refractivity contribution in [1.82, 2.24) is 39.9 Å². The zero-order valence-electron chi connectivity index (χ0n) is 60.8. The van der Waals surface area contributed by atoms with Gasteiger partial charge in [0.25, 0.3) is 25.8 Å². The van der Waals surface area contributed by atoms with E-state index in [0.29, 0.717) is 79.9 Å². The molecule has 0 spiro atoms. The molecule has 4 aromatic carbocycles. The molecular weight excluding hydrogens is 1410 g/mol. The van der Waals surface area contributed by atoms with Crippen molar-refractivity contribution in [2.75, 3.05) is 94.5 Å². The largest absolute Gasteiger partial charge is 0.501 e. The Morgan fingerprint density at radius 1 is 0.827 bits per heavy atom. The zero-order valence-corrected chi connectivity index (χ0v) is 64.1. The maximum absolute atomic E-state index is 14.6. The lowest BCUT2D eigenvalue weighted by atomic mass is 9.31. The molecule has 20 nitrogen and oxygen atoms in total. The predicted molar refractivity (Wildman–Crippen MR) is 400 cm³/mol. The van der Waals surface area contributed by atoms with Crippen molar-refractivity contribution in [3.63, 3.8) is 0 Å². The second-order valence-electron chi connectivity index (χ2n) is 31.6. The first kappa shape index (κ1) is 78.2. The van der Waals surface area contributed by atoms with E-state index in [0.717, 1.165) is 78.0 Å². The lowest BCUT2D eigenvalue weighted by Crippen LogP contribution is -2.63. The first-order valence-electron chi connectivity index (χ1n) is 36.5. The molecule has 12 rings (SSSR count). The number of rotatable bonds is 29. The summed E-state index contributed by atoms with van der Waals surface area (Å²) in [6.45, 7) is 21.5. The number of aliphatic hydroxyl groups excluding tert-OH is 1. The minimum Gasteiger partial charge on any atom is -0.391 e. The summed E-state index contributed by atoms with van der Waals surface area (Å²) < 4.78 is 101. The number of unbranched alkanes of at least 4 members (excludes halogenated alkanes) is 1. The molecule has 3 saturated carbocycles. The van der Waals surface area contributed by atoms with Crippen LogP contribution in [0, 0.1) is 28.6 Å². The number of alkyl halides is 3. The maximum atomic E-state index is 14.6. The zero-order chi connectivity index (χ0) is 74.6. The second-order valence-corrected chi connectivity index (χ2v) is 37.1. The number of amides is 5. The lowest BCUT2D eigenvalue weighted by molar-refractivity contribution is -0.182. The highest BCUT2D eigenvalue weighted by molar-refractivity contribution is 7.99. The molecule has 6 fully saturated rings. The topological polar surface area (TPSA) is 251 Å². The van der Waals surface area contributed by atoms with Gasteiger partial charge in [-0.1, -0.05) is 102 Å². The summed E-state index contributed by atoms with van der Waals surface area (Å²) >= 11 is 2.90. The first-order valence-corrected chi connectivity index (χ1v) is 41.3. The standard InChI is InChI=1S/C77H101F3N10O10S4/c1-8-75-48-76(49-75,50-75)62-43-74(6,7)29-27-56(62)45-87-34-36-88(37-35-87)58-23-21-55(22-24-58)71(95)85-104(99,100)61-25-26-63(66(41-61)103(97,98)77(78,79)80)83-57(47-101-60-14-10-9-11-15-60)28-31-86-32-38-89(39-33-86)68(93)16-12-13-30-81-67(92)42-64(53-17-19-54(20-18-53)70-52(2)82-51-102-70)84-72(96)65-40-59(91)46-90(65)69(94)44-73(3,4)5/h9-11,14-15,17-26,41,51,57,59,64-65,83,91H,8,12-13,16,27-40,42-50H2,1-7H3,(H,81,92)(H,84,96)(H,85,95)/t57-,59-,64+,65+,75?,76?/m1/s1. The molecule has 0 radical (unpaired) electrons. The molecule has 564 valence electrons. The van der Waals surface area contributed by atoms with Gasteiger partial charge >= 0.3 is 5.51 Å². The van der Waals surface area contributed by atoms with Crippen LogP contribution in [-0.2, 0) is 39.0 Å². The summed E-state index contributed by atoms with van der Waals surface area (Å²) in [6.07, 6.45) is 9.59. The number of thioether (sulfide) groups is 1. The van der Waals surface area contributed by atoms with Crippen LogP contribution >= 0.6 is 23.1 Å². The summed E-state index contributed by atoms with van der Waals surface area (Å²) in [6, 6.07) is 23.3. The van der Waals surface area contributed by atoms with Crippen LogP contribution in [0.3, 0.4) is 0 Å². The number of likely N-dealkylation sites (tertiary alicyclic amines) is 1. The number of anilines is 2. The number of nitrogens with one attached hydrogen (secondary N) is 4. The number of sulfonamides is 1. The molecule has 7 aliphatic rings.